The van der Waals surface area contributed by atoms with Gasteiger partial charge in [0.1, 0.15) is 0 Å². The lowest BCUT2D eigenvalue weighted by atomic mass is 10.2. The van der Waals surface area contributed by atoms with Gasteiger partial charge in [-0.1, -0.05) is 29.8 Å². The summed E-state index contributed by atoms with van der Waals surface area (Å²) in [7, 11) is 0. The molecule has 0 atom stereocenters. The van der Waals surface area contributed by atoms with Gasteiger partial charge in [0.15, 0.2) is 11.5 Å². The van der Waals surface area contributed by atoms with Crippen molar-refractivity contribution in [2.75, 3.05) is 0 Å². The summed E-state index contributed by atoms with van der Waals surface area (Å²) in [5, 5.41) is 9.91. The van der Waals surface area contributed by atoms with Crippen LogP contribution in [0.15, 0.2) is 48.5 Å². The first kappa shape index (κ1) is 11.5. The van der Waals surface area contributed by atoms with Crippen LogP contribution in [0.1, 0.15) is 10.4 Å². The molecule has 0 aromatic heterocycles. The highest BCUT2D eigenvalue weighted by Gasteiger charge is 2.10. The van der Waals surface area contributed by atoms with Crippen LogP contribution in [0.25, 0.3) is 0 Å². The van der Waals surface area contributed by atoms with Gasteiger partial charge in [-0.25, -0.2) is 4.79 Å². The zero-order valence-electron chi connectivity index (χ0n) is 8.76. The molecule has 4 heteroatoms. The molecular weight excluding hydrogens is 240 g/mol. The molecule has 0 aliphatic carbocycles. The Balaban J connectivity index is 2.20. The van der Waals surface area contributed by atoms with Gasteiger partial charge in [0.2, 0.25) is 0 Å². The summed E-state index contributed by atoms with van der Waals surface area (Å²) in [6.07, 6.45) is 0. The van der Waals surface area contributed by atoms with E-state index in [-0.39, 0.29) is 11.5 Å². The van der Waals surface area contributed by atoms with Gasteiger partial charge in [-0.2, -0.15) is 0 Å². The second kappa shape index (κ2) is 4.89. The molecule has 0 fully saturated rings. The average molecular weight is 249 g/mol. The second-order valence-corrected chi connectivity index (χ2v) is 3.80. The number of esters is 1. The average Bonchev–Trinajstić information content (AvgIpc) is 2.32. The minimum Gasteiger partial charge on any atom is -0.504 e. The van der Waals surface area contributed by atoms with E-state index in [1.807, 2.05) is 0 Å². The highest BCUT2D eigenvalue weighted by atomic mass is 35.5. The molecule has 0 aliphatic rings. The maximum atomic E-state index is 11.7. The number of phenolic OH excluding ortho intramolecular Hbond substituents is 1. The van der Waals surface area contributed by atoms with E-state index in [1.54, 1.807) is 30.3 Å². The second-order valence-electron chi connectivity index (χ2n) is 3.37. The fourth-order valence-electron chi connectivity index (χ4n) is 1.32. The van der Waals surface area contributed by atoms with Gasteiger partial charge >= 0.3 is 5.97 Å². The van der Waals surface area contributed by atoms with Crippen molar-refractivity contribution < 1.29 is 14.6 Å². The molecule has 17 heavy (non-hydrogen) atoms. The van der Waals surface area contributed by atoms with Crippen LogP contribution < -0.4 is 4.74 Å². The van der Waals surface area contributed by atoms with Gasteiger partial charge < -0.3 is 9.84 Å². The van der Waals surface area contributed by atoms with Crippen LogP contribution in [0.4, 0.5) is 0 Å². The van der Waals surface area contributed by atoms with Crippen molar-refractivity contribution in [3.8, 4) is 11.5 Å². The quantitative estimate of drug-likeness (QED) is 0.655. The van der Waals surface area contributed by atoms with Crippen LogP contribution in [-0.4, -0.2) is 11.1 Å². The number of halogens is 1. The van der Waals surface area contributed by atoms with Gasteiger partial charge in [-0.05, 0) is 30.3 Å². The standard InChI is InChI=1S/C13H9ClO3/c14-10-5-3-4-9(8-10)13(16)17-12-7-2-1-6-11(12)15/h1-8,15H. The Morgan fingerprint density at radius 1 is 1.12 bits per heavy atom. The lowest BCUT2D eigenvalue weighted by Gasteiger charge is -2.05. The molecule has 1 N–H and O–H groups in total. The van der Waals surface area contributed by atoms with Crippen LogP contribution >= 0.6 is 11.6 Å². The number of carbonyl (C=O) groups excluding carboxylic acids is 1. The summed E-state index contributed by atoms with van der Waals surface area (Å²) >= 11 is 5.77. The third-order valence-electron chi connectivity index (χ3n) is 2.13. The number of rotatable bonds is 2. The predicted molar refractivity (Wildman–Crippen MR) is 64.5 cm³/mol. The van der Waals surface area contributed by atoms with Gasteiger partial charge in [0.05, 0.1) is 5.56 Å². The number of ether oxygens (including phenoxy) is 1. The Bertz CT molecular complexity index is 552. The first-order chi connectivity index (χ1) is 8.16. The monoisotopic (exact) mass is 248 g/mol. The van der Waals surface area contributed by atoms with Crippen molar-refractivity contribution in [2.24, 2.45) is 0 Å². The van der Waals surface area contributed by atoms with Crippen molar-refractivity contribution in [2.45, 2.75) is 0 Å². The Morgan fingerprint density at radius 3 is 2.59 bits per heavy atom. The summed E-state index contributed by atoms with van der Waals surface area (Å²) in [5.41, 5.74) is 0.334. The Hall–Kier alpha value is -2.00. The SMILES string of the molecule is O=C(Oc1ccccc1O)c1cccc(Cl)c1. The molecule has 0 radical (unpaired) electrons. The van der Waals surface area contributed by atoms with Crippen molar-refractivity contribution in [3.05, 3.63) is 59.1 Å². The largest absolute Gasteiger partial charge is 0.504 e. The van der Waals surface area contributed by atoms with E-state index in [0.29, 0.717) is 10.6 Å². The van der Waals surface area contributed by atoms with Gasteiger partial charge in [-0.15, -0.1) is 0 Å². The van der Waals surface area contributed by atoms with E-state index in [9.17, 15) is 9.90 Å². The summed E-state index contributed by atoms with van der Waals surface area (Å²) in [6, 6.07) is 12.7. The topological polar surface area (TPSA) is 46.5 Å². The van der Waals surface area contributed by atoms with Crippen LogP contribution in [0.5, 0.6) is 11.5 Å². The van der Waals surface area contributed by atoms with Crippen LogP contribution in [0.3, 0.4) is 0 Å². The lowest BCUT2D eigenvalue weighted by Crippen LogP contribution is -2.08. The number of benzene rings is 2. The van der Waals surface area contributed by atoms with Crippen molar-refractivity contribution in [1.29, 1.82) is 0 Å². The molecular formula is C13H9ClO3. The molecule has 0 unspecified atom stereocenters. The van der Waals surface area contributed by atoms with Crippen LogP contribution in [0.2, 0.25) is 5.02 Å². The maximum absolute atomic E-state index is 11.7. The van der Waals surface area contributed by atoms with E-state index < -0.39 is 5.97 Å². The Labute approximate surface area is 103 Å². The van der Waals surface area contributed by atoms with Crippen molar-refractivity contribution in [1.82, 2.24) is 0 Å². The smallest absolute Gasteiger partial charge is 0.343 e. The molecule has 0 spiro atoms. The summed E-state index contributed by atoms with van der Waals surface area (Å²) in [5.74, 6) is -0.519. The minimum atomic E-state index is -0.561. The Kier molecular flexibility index (Phi) is 3.30. The minimum absolute atomic E-state index is 0.0807. The number of carbonyl (C=O) groups is 1. The molecule has 2 aromatic rings. The summed E-state index contributed by atoms with van der Waals surface area (Å²) in [4.78, 5) is 11.7. The zero-order chi connectivity index (χ0) is 12.3. The molecule has 0 amide bonds. The van der Waals surface area contributed by atoms with Gasteiger partial charge in [0, 0.05) is 5.02 Å². The first-order valence-corrected chi connectivity index (χ1v) is 5.30. The highest BCUT2D eigenvalue weighted by Crippen LogP contribution is 2.25. The fraction of sp³-hybridized carbons (Fsp3) is 0. The predicted octanol–water partition coefficient (Wildman–Crippen LogP) is 3.26. The van der Waals surface area contributed by atoms with E-state index in [0.717, 1.165) is 0 Å². The van der Waals surface area contributed by atoms with Crippen LogP contribution in [-0.2, 0) is 0 Å². The maximum Gasteiger partial charge on any atom is 0.343 e. The molecule has 2 aromatic carbocycles. The fourth-order valence-corrected chi connectivity index (χ4v) is 1.51. The number of aromatic hydroxyl groups is 1. The van der Waals surface area contributed by atoms with Gasteiger partial charge in [-0.3, -0.25) is 0 Å². The third-order valence-corrected chi connectivity index (χ3v) is 2.36. The number of para-hydroxylation sites is 2. The summed E-state index contributed by atoms with van der Waals surface area (Å²) < 4.78 is 5.04. The molecule has 0 aliphatic heterocycles. The number of phenols is 1. The molecule has 0 heterocycles. The molecule has 0 saturated carbocycles. The van der Waals surface area contributed by atoms with Crippen molar-refractivity contribution in [3.63, 3.8) is 0 Å². The van der Waals surface area contributed by atoms with Crippen LogP contribution in [0, 0.1) is 0 Å². The van der Waals surface area contributed by atoms with Crippen molar-refractivity contribution >= 4 is 17.6 Å². The zero-order valence-corrected chi connectivity index (χ0v) is 9.52. The Morgan fingerprint density at radius 2 is 1.88 bits per heavy atom. The summed E-state index contributed by atoms with van der Waals surface area (Å²) in [6.45, 7) is 0. The molecule has 3 nitrogen and oxygen atoms in total. The molecule has 2 rings (SSSR count). The lowest BCUT2D eigenvalue weighted by molar-refractivity contribution is 0.0729. The van der Waals surface area contributed by atoms with E-state index in [2.05, 4.69) is 0 Å². The third kappa shape index (κ3) is 2.77. The highest BCUT2D eigenvalue weighted by molar-refractivity contribution is 6.30. The molecule has 0 saturated heterocycles. The van der Waals surface area contributed by atoms with E-state index >= 15 is 0 Å². The number of hydrogen-bond acceptors (Lipinski definition) is 3. The first-order valence-electron chi connectivity index (χ1n) is 4.92. The van der Waals surface area contributed by atoms with Gasteiger partial charge in [0.25, 0.3) is 0 Å². The van der Waals surface area contributed by atoms with E-state index in [1.165, 1.54) is 18.2 Å². The normalized spacial score (nSPS) is 9.94. The molecule has 0 bridgehead atoms. The van der Waals surface area contributed by atoms with E-state index in [4.69, 9.17) is 16.3 Å². The molecule has 86 valence electrons. The number of hydrogen-bond donors (Lipinski definition) is 1.